The van der Waals surface area contributed by atoms with Crippen LogP contribution in [0.3, 0.4) is 0 Å². The van der Waals surface area contributed by atoms with Gasteiger partial charge in [-0.05, 0) is 43.2 Å². The Kier molecular flexibility index (Phi) is 6.93. The van der Waals surface area contributed by atoms with E-state index in [9.17, 15) is 14.9 Å². The number of nitro benzene ring substituents is 1. The second-order valence-corrected chi connectivity index (χ2v) is 6.94. The first-order valence-electron chi connectivity index (χ1n) is 9.76. The first-order valence-corrected chi connectivity index (χ1v) is 9.76. The quantitative estimate of drug-likeness (QED) is 0.398. The maximum Gasteiger partial charge on any atom is 0.269 e. The summed E-state index contributed by atoms with van der Waals surface area (Å²) in [4.78, 5) is 23.0. The molecular weight excluding hydrogens is 416 g/mol. The summed E-state index contributed by atoms with van der Waals surface area (Å²) in [7, 11) is 4.61. The van der Waals surface area contributed by atoms with Gasteiger partial charge in [0.1, 0.15) is 5.82 Å². The number of aryl methyl sites for hydroxylation is 2. The number of amides is 1. The van der Waals surface area contributed by atoms with Crippen molar-refractivity contribution in [2.45, 2.75) is 19.8 Å². The predicted octanol–water partition coefficient (Wildman–Crippen LogP) is 3.69. The van der Waals surface area contributed by atoms with Crippen LogP contribution in [0.1, 0.15) is 17.7 Å². The zero-order valence-electron chi connectivity index (χ0n) is 18.2. The number of benzene rings is 2. The average Bonchev–Trinajstić information content (AvgIpc) is 3.16. The van der Waals surface area contributed by atoms with E-state index in [0.717, 1.165) is 5.56 Å². The molecule has 1 heterocycles. The first kappa shape index (κ1) is 22.6. The van der Waals surface area contributed by atoms with Crippen molar-refractivity contribution in [1.82, 2.24) is 9.78 Å². The summed E-state index contributed by atoms with van der Waals surface area (Å²) >= 11 is 0. The average molecular weight is 440 g/mol. The van der Waals surface area contributed by atoms with Crippen LogP contribution < -0.4 is 19.5 Å². The third kappa shape index (κ3) is 4.97. The van der Waals surface area contributed by atoms with Crippen molar-refractivity contribution >= 4 is 17.4 Å². The molecule has 0 bridgehead atoms. The Morgan fingerprint density at radius 1 is 1.06 bits per heavy atom. The number of rotatable bonds is 9. The first-order chi connectivity index (χ1) is 15.4. The highest BCUT2D eigenvalue weighted by molar-refractivity contribution is 5.90. The standard InChI is InChI=1S/C22H24N4O6/c1-14-11-20(25(24-14)16-6-8-17(9-7-16)26(28)29)23-21(27)10-5-15-12-18(30-2)22(32-4)19(13-15)31-3/h6-9,11-13H,5,10H2,1-4H3,(H,23,27). The molecule has 10 heteroatoms. The Hall–Kier alpha value is -4.08. The molecule has 0 aliphatic rings. The molecular formula is C22H24N4O6. The van der Waals surface area contributed by atoms with Crippen LogP contribution >= 0.6 is 0 Å². The molecule has 0 aliphatic heterocycles. The van der Waals surface area contributed by atoms with Gasteiger partial charge in [-0.25, -0.2) is 4.68 Å². The molecule has 0 saturated carbocycles. The number of nitro groups is 1. The van der Waals surface area contributed by atoms with E-state index in [0.29, 0.717) is 40.9 Å². The zero-order chi connectivity index (χ0) is 23.3. The number of methoxy groups -OCH3 is 3. The lowest BCUT2D eigenvalue weighted by Gasteiger charge is -2.14. The molecule has 0 aliphatic carbocycles. The van der Waals surface area contributed by atoms with Gasteiger partial charge in [0.15, 0.2) is 11.5 Å². The Morgan fingerprint density at radius 3 is 2.22 bits per heavy atom. The molecule has 2 aromatic carbocycles. The van der Waals surface area contributed by atoms with Gasteiger partial charge in [-0.1, -0.05) is 0 Å². The van der Waals surface area contributed by atoms with E-state index >= 15 is 0 Å². The molecule has 1 aromatic heterocycles. The number of anilines is 1. The molecule has 3 rings (SSSR count). The van der Waals surface area contributed by atoms with Gasteiger partial charge < -0.3 is 19.5 Å². The number of nitrogens with one attached hydrogen (secondary N) is 1. The van der Waals surface area contributed by atoms with E-state index in [2.05, 4.69) is 10.4 Å². The van der Waals surface area contributed by atoms with E-state index in [1.54, 1.807) is 37.3 Å². The minimum atomic E-state index is -0.468. The van der Waals surface area contributed by atoms with E-state index in [-0.39, 0.29) is 18.0 Å². The Bertz CT molecular complexity index is 1100. The molecule has 1 amide bonds. The summed E-state index contributed by atoms with van der Waals surface area (Å²) in [6.45, 7) is 1.80. The predicted molar refractivity (Wildman–Crippen MR) is 118 cm³/mol. The number of aromatic nitrogens is 2. The fraction of sp³-hybridized carbons (Fsp3) is 0.273. The van der Waals surface area contributed by atoms with Crippen LogP contribution in [-0.4, -0.2) is 41.9 Å². The van der Waals surface area contributed by atoms with Crippen molar-refractivity contribution in [3.05, 3.63) is 63.8 Å². The van der Waals surface area contributed by atoms with Gasteiger partial charge in [0, 0.05) is 24.6 Å². The Morgan fingerprint density at radius 2 is 1.69 bits per heavy atom. The van der Waals surface area contributed by atoms with E-state index in [1.807, 2.05) is 0 Å². The van der Waals surface area contributed by atoms with E-state index in [4.69, 9.17) is 14.2 Å². The number of ether oxygens (including phenoxy) is 3. The molecule has 0 atom stereocenters. The summed E-state index contributed by atoms with van der Waals surface area (Å²) in [6.07, 6.45) is 0.663. The van der Waals surface area contributed by atoms with Crippen molar-refractivity contribution < 1.29 is 23.9 Å². The largest absolute Gasteiger partial charge is 0.493 e. The number of non-ortho nitro benzene ring substituents is 1. The number of hydrogen-bond acceptors (Lipinski definition) is 7. The lowest BCUT2D eigenvalue weighted by molar-refractivity contribution is -0.384. The van der Waals surface area contributed by atoms with Gasteiger partial charge in [-0.3, -0.25) is 14.9 Å². The number of carbonyl (C=O) groups is 1. The molecule has 10 nitrogen and oxygen atoms in total. The summed E-state index contributed by atoms with van der Waals surface area (Å²) in [5, 5.41) is 18.1. The van der Waals surface area contributed by atoms with Crippen LogP contribution in [0.15, 0.2) is 42.5 Å². The summed E-state index contributed by atoms with van der Waals surface area (Å²) in [6, 6.07) is 11.3. The molecule has 0 saturated heterocycles. The molecule has 3 aromatic rings. The highest BCUT2D eigenvalue weighted by atomic mass is 16.6. The van der Waals surface area contributed by atoms with Gasteiger partial charge in [0.2, 0.25) is 11.7 Å². The minimum Gasteiger partial charge on any atom is -0.493 e. The van der Waals surface area contributed by atoms with Crippen molar-refractivity contribution in [2.24, 2.45) is 0 Å². The second kappa shape index (κ2) is 9.82. The second-order valence-electron chi connectivity index (χ2n) is 6.94. The molecule has 32 heavy (non-hydrogen) atoms. The van der Waals surface area contributed by atoms with Crippen molar-refractivity contribution in [3.63, 3.8) is 0 Å². The summed E-state index contributed by atoms with van der Waals surface area (Å²) < 4.78 is 17.6. The Labute approximate surface area is 184 Å². The zero-order valence-corrected chi connectivity index (χ0v) is 18.2. The highest BCUT2D eigenvalue weighted by Gasteiger charge is 2.16. The van der Waals surface area contributed by atoms with Crippen molar-refractivity contribution in [2.75, 3.05) is 26.6 Å². The maximum atomic E-state index is 12.6. The molecule has 0 spiro atoms. The third-order valence-corrected chi connectivity index (χ3v) is 4.77. The highest BCUT2D eigenvalue weighted by Crippen LogP contribution is 2.38. The summed E-state index contributed by atoms with van der Waals surface area (Å²) in [5.74, 6) is 1.81. The van der Waals surface area contributed by atoms with Gasteiger partial charge in [0.05, 0.1) is 37.6 Å². The molecule has 168 valence electrons. The van der Waals surface area contributed by atoms with Gasteiger partial charge in [-0.2, -0.15) is 5.10 Å². The lowest BCUT2D eigenvalue weighted by Crippen LogP contribution is -2.15. The minimum absolute atomic E-state index is 0.0199. The number of hydrogen-bond donors (Lipinski definition) is 1. The number of nitrogens with zero attached hydrogens (tertiary/aromatic N) is 3. The van der Waals surface area contributed by atoms with Crippen molar-refractivity contribution in [1.29, 1.82) is 0 Å². The van der Waals surface area contributed by atoms with E-state index < -0.39 is 4.92 Å². The third-order valence-electron chi connectivity index (χ3n) is 4.77. The Balaban J connectivity index is 1.73. The number of carbonyl (C=O) groups excluding carboxylic acids is 1. The van der Waals surface area contributed by atoms with Gasteiger partial charge >= 0.3 is 0 Å². The van der Waals surface area contributed by atoms with Crippen LogP contribution in [0, 0.1) is 17.0 Å². The molecule has 0 fully saturated rings. The van der Waals surface area contributed by atoms with Gasteiger partial charge in [-0.15, -0.1) is 0 Å². The monoisotopic (exact) mass is 440 g/mol. The van der Waals surface area contributed by atoms with Crippen LogP contribution in [0.25, 0.3) is 5.69 Å². The SMILES string of the molecule is COc1cc(CCC(=O)Nc2cc(C)nn2-c2ccc([N+](=O)[O-])cc2)cc(OC)c1OC. The maximum absolute atomic E-state index is 12.6. The summed E-state index contributed by atoms with van der Waals surface area (Å²) in [5.41, 5.74) is 2.13. The van der Waals surface area contributed by atoms with E-state index in [1.165, 1.54) is 38.1 Å². The topological polar surface area (TPSA) is 118 Å². The fourth-order valence-corrected chi connectivity index (χ4v) is 3.24. The molecule has 0 radical (unpaired) electrons. The fourth-order valence-electron chi connectivity index (χ4n) is 3.24. The lowest BCUT2D eigenvalue weighted by atomic mass is 10.1. The van der Waals surface area contributed by atoms with Gasteiger partial charge in [0.25, 0.3) is 5.69 Å². The smallest absolute Gasteiger partial charge is 0.269 e. The van der Waals surface area contributed by atoms with Crippen molar-refractivity contribution in [3.8, 4) is 22.9 Å². The molecule has 1 N–H and O–H groups in total. The van der Waals surface area contributed by atoms with Crippen LogP contribution in [0.4, 0.5) is 11.5 Å². The normalized spacial score (nSPS) is 10.5. The van der Waals surface area contributed by atoms with Crippen LogP contribution in [0.2, 0.25) is 0 Å². The molecule has 0 unspecified atom stereocenters. The van der Waals surface area contributed by atoms with Crippen LogP contribution in [0.5, 0.6) is 17.2 Å². The van der Waals surface area contributed by atoms with Crippen LogP contribution in [-0.2, 0) is 11.2 Å².